The van der Waals surface area contributed by atoms with Crippen LogP contribution >= 0.6 is 0 Å². The second-order valence-electron chi connectivity index (χ2n) is 3.30. The van der Waals surface area contributed by atoms with E-state index in [0.29, 0.717) is 5.69 Å². The van der Waals surface area contributed by atoms with Crippen LogP contribution in [0.1, 0.15) is 5.69 Å². The maximum absolute atomic E-state index is 13.1. The molecule has 1 aromatic carbocycles. The van der Waals surface area contributed by atoms with E-state index in [1.165, 1.54) is 12.3 Å². The summed E-state index contributed by atoms with van der Waals surface area (Å²) < 4.78 is 14.2. The number of nitro groups is 1. The highest BCUT2D eigenvalue weighted by Crippen LogP contribution is 2.23. The van der Waals surface area contributed by atoms with Gasteiger partial charge in [0, 0.05) is 18.3 Å². The molecule has 0 amide bonds. The minimum atomic E-state index is -0.616. The van der Waals surface area contributed by atoms with Gasteiger partial charge in [0.25, 0.3) is 5.69 Å². The van der Waals surface area contributed by atoms with Crippen molar-refractivity contribution in [1.29, 1.82) is 0 Å². The minimum Gasteiger partial charge on any atom is -0.390 e. The van der Waals surface area contributed by atoms with E-state index >= 15 is 0 Å². The van der Waals surface area contributed by atoms with Gasteiger partial charge < -0.3 is 5.11 Å². The van der Waals surface area contributed by atoms with Crippen molar-refractivity contribution in [3.8, 4) is 5.69 Å². The van der Waals surface area contributed by atoms with Gasteiger partial charge >= 0.3 is 0 Å². The molecule has 17 heavy (non-hydrogen) atoms. The molecule has 1 aromatic heterocycles. The topological polar surface area (TPSA) is 81.2 Å². The largest absolute Gasteiger partial charge is 0.390 e. The van der Waals surface area contributed by atoms with E-state index < -0.39 is 10.7 Å². The summed E-state index contributed by atoms with van der Waals surface area (Å²) in [5.74, 6) is -0.591. The van der Waals surface area contributed by atoms with E-state index in [1.54, 1.807) is 0 Å². The maximum Gasteiger partial charge on any atom is 0.295 e. The SMILES string of the molecule is O=[N+]([O-])c1ccc(F)cc1-n1ccc(CO)n1. The van der Waals surface area contributed by atoms with E-state index in [0.717, 1.165) is 22.9 Å². The summed E-state index contributed by atoms with van der Waals surface area (Å²) in [6, 6.07) is 4.60. The Labute approximate surface area is 95.1 Å². The number of aliphatic hydroxyl groups is 1. The zero-order valence-electron chi connectivity index (χ0n) is 8.58. The predicted molar refractivity (Wildman–Crippen MR) is 56.1 cm³/mol. The smallest absolute Gasteiger partial charge is 0.295 e. The van der Waals surface area contributed by atoms with Crippen LogP contribution < -0.4 is 0 Å². The Bertz CT molecular complexity index is 568. The molecule has 0 aliphatic carbocycles. The highest BCUT2D eigenvalue weighted by molar-refractivity contribution is 5.51. The average Bonchev–Trinajstić information content (AvgIpc) is 2.76. The molecule has 0 unspecified atom stereocenters. The van der Waals surface area contributed by atoms with Crippen molar-refractivity contribution < 1.29 is 14.4 Å². The van der Waals surface area contributed by atoms with Gasteiger partial charge in [-0.25, -0.2) is 9.07 Å². The van der Waals surface area contributed by atoms with Gasteiger partial charge in [0.2, 0.25) is 0 Å². The van der Waals surface area contributed by atoms with Gasteiger partial charge in [-0.15, -0.1) is 0 Å². The molecular formula is C10H8FN3O3. The quantitative estimate of drug-likeness (QED) is 0.646. The van der Waals surface area contributed by atoms with Crippen molar-refractivity contribution in [2.24, 2.45) is 0 Å². The fourth-order valence-corrected chi connectivity index (χ4v) is 1.41. The van der Waals surface area contributed by atoms with E-state index in [1.807, 2.05) is 0 Å². The van der Waals surface area contributed by atoms with Crippen molar-refractivity contribution >= 4 is 5.69 Å². The Kier molecular flexibility index (Phi) is 2.84. The summed E-state index contributed by atoms with van der Waals surface area (Å²) in [6.45, 7) is -0.282. The summed E-state index contributed by atoms with van der Waals surface area (Å²) >= 11 is 0. The lowest BCUT2D eigenvalue weighted by atomic mass is 10.2. The first-order valence-electron chi connectivity index (χ1n) is 4.71. The Morgan fingerprint density at radius 1 is 1.47 bits per heavy atom. The number of aromatic nitrogens is 2. The van der Waals surface area contributed by atoms with Gasteiger partial charge in [0.05, 0.1) is 17.2 Å². The second kappa shape index (κ2) is 4.30. The number of hydrogen-bond acceptors (Lipinski definition) is 4. The molecule has 0 aliphatic heterocycles. The molecule has 0 aliphatic rings. The predicted octanol–water partition coefficient (Wildman–Crippen LogP) is 1.41. The third-order valence-electron chi connectivity index (χ3n) is 2.19. The lowest BCUT2D eigenvalue weighted by Gasteiger charge is -2.02. The number of benzene rings is 1. The monoisotopic (exact) mass is 237 g/mol. The third kappa shape index (κ3) is 2.13. The summed E-state index contributed by atoms with van der Waals surface area (Å²) in [7, 11) is 0. The van der Waals surface area contributed by atoms with Gasteiger partial charge in [0.1, 0.15) is 11.5 Å². The maximum atomic E-state index is 13.1. The molecular weight excluding hydrogens is 229 g/mol. The van der Waals surface area contributed by atoms with E-state index in [-0.39, 0.29) is 18.0 Å². The van der Waals surface area contributed by atoms with Crippen LogP contribution in [-0.4, -0.2) is 19.8 Å². The van der Waals surface area contributed by atoms with Crippen LogP contribution in [0.3, 0.4) is 0 Å². The lowest BCUT2D eigenvalue weighted by Crippen LogP contribution is -2.02. The van der Waals surface area contributed by atoms with Crippen LogP contribution in [0.5, 0.6) is 0 Å². The van der Waals surface area contributed by atoms with Crippen LogP contribution in [0, 0.1) is 15.9 Å². The van der Waals surface area contributed by atoms with Gasteiger partial charge in [-0.05, 0) is 12.1 Å². The highest BCUT2D eigenvalue weighted by Gasteiger charge is 2.16. The Balaban J connectivity index is 2.56. The number of nitrogens with zero attached hydrogens (tertiary/aromatic N) is 3. The standard InChI is InChI=1S/C10H8FN3O3/c11-7-1-2-9(14(16)17)10(5-7)13-4-3-8(6-15)12-13/h1-5,15H,6H2. The van der Waals surface area contributed by atoms with Crippen molar-refractivity contribution in [3.63, 3.8) is 0 Å². The molecule has 1 N–H and O–H groups in total. The summed E-state index contributed by atoms with van der Waals surface area (Å²) in [5, 5.41) is 23.5. The zero-order chi connectivity index (χ0) is 12.4. The molecule has 0 saturated heterocycles. The highest BCUT2D eigenvalue weighted by atomic mass is 19.1. The average molecular weight is 237 g/mol. The van der Waals surface area contributed by atoms with Gasteiger partial charge in [-0.1, -0.05) is 0 Å². The van der Waals surface area contributed by atoms with Crippen molar-refractivity contribution in [3.05, 3.63) is 52.1 Å². The zero-order valence-corrected chi connectivity index (χ0v) is 8.58. The van der Waals surface area contributed by atoms with Gasteiger partial charge in [-0.2, -0.15) is 5.10 Å². The first-order chi connectivity index (χ1) is 8.11. The third-order valence-corrected chi connectivity index (χ3v) is 2.19. The summed E-state index contributed by atoms with van der Waals surface area (Å²) in [5.41, 5.74) is 0.122. The molecule has 7 heteroatoms. The normalized spacial score (nSPS) is 10.5. The van der Waals surface area contributed by atoms with E-state index in [2.05, 4.69) is 5.10 Å². The molecule has 2 rings (SSSR count). The van der Waals surface area contributed by atoms with Crippen LogP contribution in [0.2, 0.25) is 0 Å². The van der Waals surface area contributed by atoms with Crippen LogP contribution in [-0.2, 0) is 6.61 Å². The molecule has 6 nitrogen and oxygen atoms in total. The van der Waals surface area contributed by atoms with Crippen molar-refractivity contribution in [2.45, 2.75) is 6.61 Å². The molecule has 0 bridgehead atoms. The molecule has 0 atom stereocenters. The number of hydrogen-bond donors (Lipinski definition) is 1. The number of aliphatic hydroxyl groups excluding tert-OH is 1. The molecule has 0 spiro atoms. The lowest BCUT2D eigenvalue weighted by molar-refractivity contribution is -0.384. The number of rotatable bonds is 3. The van der Waals surface area contributed by atoms with Crippen molar-refractivity contribution in [1.82, 2.24) is 9.78 Å². The fraction of sp³-hybridized carbons (Fsp3) is 0.100. The Hall–Kier alpha value is -2.28. The first kappa shape index (κ1) is 11.2. The Morgan fingerprint density at radius 3 is 2.82 bits per heavy atom. The minimum absolute atomic E-state index is 0.0229. The van der Waals surface area contributed by atoms with E-state index in [9.17, 15) is 14.5 Å². The van der Waals surface area contributed by atoms with Crippen LogP contribution in [0.15, 0.2) is 30.5 Å². The van der Waals surface area contributed by atoms with Crippen molar-refractivity contribution in [2.75, 3.05) is 0 Å². The molecule has 88 valence electrons. The summed E-state index contributed by atoms with van der Waals surface area (Å²) in [4.78, 5) is 10.2. The second-order valence-corrected chi connectivity index (χ2v) is 3.30. The fourth-order valence-electron chi connectivity index (χ4n) is 1.41. The molecule has 0 radical (unpaired) electrons. The van der Waals surface area contributed by atoms with Gasteiger partial charge in [0.15, 0.2) is 0 Å². The van der Waals surface area contributed by atoms with Crippen LogP contribution in [0.4, 0.5) is 10.1 Å². The number of nitro benzene ring substituents is 1. The van der Waals surface area contributed by atoms with Crippen LogP contribution in [0.25, 0.3) is 5.69 Å². The van der Waals surface area contributed by atoms with Gasteiger partial charge in [-0.3, -0.25) is 10.1 Å². The Morgan fingerprint density at radius 2 is 2.24 bits per heavy atom. The molecule has 0 fully saturated rings. The van der Waals surface area contributed by atoms with E-state index in [4.69, 9.17) is 5.11 Å². The molecule has 2 aromatic rings. The molecule has 0 saturated carbocycles. The number of halogens is 1. The molecule has 1 heterocycles. The first-order valence-corrected chi connectivity index (χ1v) is 4.71. The summed E-state index contributed by atoms with van der Waals surface area (Å²) in [6.07, 6.45) is 1.42.